The molecule has 0 aliphatic carbocycles. The summed E-state index contributed by atoms with van der Waals surface area (Å²) >= 11 is 1.40. The zero-order valence-corrected chi connectivity index (χ0v) is 11.9. The van der Waals surface area contributed by atoms with Crippen molar-refractivity contribution in [3.63, 3.8) is 0 Å². The number of hydrogen-bond acceptors (Lipinski definition) is 4. The Kier molecular flexibility index (Phi) is 4.94. The number of nitriles is 1. The number of hydrogen-bond donors (Lipinski definition) is 2. The molecule has 1 aromatic rings. The molecule has 2 N–H and O–H groups in total. The monoisotopic (exact) mass is 277 g/mol. The van der Waals surface area contributed by atoms with E-state index in [1.807, 2.05) is 5.38 Å². The summed E-state index contributed by atoms with van der Waals surface area (Å²) in [5.74, 6) is 0.966. The predicted molar refractivity (Wildman–Crippen MR) is 77.0 cm³/mol. The largest absolute Gasteiger partial charge is 0.317 e. The van der Waals surface area contributed by atoms with Crippen LogP contribution >= 0.6 is 11.3 Å². The maximum Gasteiger partial charge on any atom is 0.225 e. The van der Waals surface area contributed by atoms with Crippen molar-refractivity contribution in [2.45, 2.75) is 26.2 Å². The topological polar surface area (TPSA) is 64.9 Å². The van der Waals surface area contributed by atoms with Crippen molar-refractivity contribution in [3.8, 4) is 6.07 Å². The van der Waals surface area contributed by atoms with Crippen molar-refractivity contribution in [2.24, 2.45) is 11.8 Å². The average molecular weight is 277 g/mol. The second-order valence-corrected chi connectivity index (χ2v) is 6.03. The molecule has 2 atom stereocenters. The van der Waals surface area contributed by atoms with Gasteiger partial charge in [-0.2, -0.15) is 5.26 Å². The molecule has 19 heavy (non-hydrogen) atoms. The predicted octanol–water partition coefficient (Wildman–Crippen LogP) is 2.58. The van der Waals surface area contributed by atoms with E-state index in [1.165, 1.54) is 24.2 Å². The van der Waals surface area contributed by atoms with Gasteiger partial charge in [0.1, 0.15) is 11.1 Å². The first kappa shape index (κ1) is 14.0. The van der Waals surface area contributed by atoms with Crippen LogP contribution < -0.4 is 10.6 Å². The molecule has 1 aliphatic rings. The molecule has 2 rings (SSSR count). The van der Waals surface area contributed by atoms with E-state index in [0.29, 0.717) is 28.8 Å². The van der Waals surface area contributed by atoms with Gasteiger partial charge in [-0.15, -0.1) is 11.3 Å². The molecule has 0 spiro atoms. The number of carbonyl (C=O) groups is 1. The number of thiophene rings is 1. The van der Waals surface area contributed by atoms with Gasteiger partial charge in [0.25, 0.3) is 0 Å². The summed E-state index contributed by atoms with van der Waals surface area (Å²) < 4.78 is 0. The molecule has 2 heterocycles. The minimum Gasteiger partial charge on any atom is -0.317 e. The molecule has 0 radical (unpaired) electrons. The zero-order valence-electron chi connectivity index (χ0n) is 11.1. The highest BCUT2D eigenvalue weighted by molar-refractivity contribution is 7.14. The normalized spacial score (nSPS) is 20.5. The van der Waals surface area contributed by atoms with Gasteiger partial charge < -0.3 is 10.6 Å². The fourth-order valence-electron chi connectivity index (χ4n) is 2.50. The maximum absolute atomic E-state index is 12.0. The van der Waals surface area contributed by atoms with Crippen molar-refractivity contribution >= 4 is 22.2 Å². The van der Waals surface area contributed by atoms with Crippen LogP contribution in [0.15, 0.2) is 11.4 Å². The summed E-state index contributed by atoms with van der Waals surface area (Å²) in [7, 11) is 0. The molecule has 4 nitrogen and oxygen atoms in total. The van der Waals surface area contributed by atoms with Gasteiger partial charge in [-0.3, -0.25) is 4.79 Å². The van der Waals surface area contributed by atoms with Crippen molar-refractivity contribution < 1.29 is 4.79 Å². The molecule has 0 bridgehead atoms. The molecule has 5 heteroatoms. The highest BCUT2D eigenvalue weighted by atomic mass is 32.1. The lowest BCUT2D eigenvalue weighted by Gasteiger charge is -2.27. The van der Waals surface area contributed by atoms with Gasteiger partial charge in [0.05, 0.1) is 5.56 Å². The Morgan fingerprint density at radius 1 is 1.74 bits per heavy atom. The summed E-state index contributed by atoms with van der Waals surface area (Å²) in [6, 6.07) is 3.81. The lowest BCUT2D eigenvalue weighted by atomic mass is 9.85. The lowest BCUT2D eigenvalue weighted by molar-refractivity contribution is -0.117. The maximum atomic E-state index is 12.0. The summed E-state index contributed by atoms with van der Waals surface area (Å²) in [5.41, 5.74) is 0.547. The van der Waals surface area contributed by atoms with Crippen LogP contribution in [0.2, 0.25) is 0 Å². The van der Waals surface area contributed by atoms with E-state index in [9.17, 15) is 4.79 Å². The van der Waals surface area contributed by atoms with Gasteiger partial charge in [-0.25, -0.2) is 0 Å². The van der Waals surface area contributed by atoms with Gasteiger partial charge in [0, 0.05) is 6.42 Å². The van der Waals surface area contributed by atoms with E-state index in [1.54, 1.807) is 6.07 Å². The third kappa shape index (κ3) is 3.79. The average Bonchev–Trinajstić information content (AvgIpc) is 2.86. The molecule has 1 aromatic heterocycles. The molecular formula is C14H19N3OS. The number of nitrogens with one attached hydrogen (secondary N) is 2. The molecule has 1 amide bonds. The SMILES string of the molecule is CC(CC(=O)Nc1sccc1C#N)C1CCCNC1. The van der Waals surface area contributed by atoms with Crippen LogP contribution in [-0.2, 0) is 4.79 Å². The molecule has 2 unspecified atom stereocenters. The fraction of sp³-hybridized carbons (Fsp3) is 0.571. The summed E-state index contributed by atoms with van der Waals surface area (Å²) in [6.07, 6.45) is 2.92. The van der Waals surface area contributed by atoms with Gasteiger partial charge in [-0.1, -0.05) is 6.92 Å². The van der Waals surface area contributed by atoms with Gasteiger partial charge in [0.2, 0.25) is 5.91 Å². The first-order valence-corrected chi connectivity index (χ1v) is 7.57. The molecule has 0 aromatic carbocycles. The van der Waals surface area contributed by atoms with Crippen LogP contribution in [0.5, 0.6) is 0 Å². The molecule has 1 saturated heterocycles. The number of nitrogens with zero attached hydrogens (tertiary/aromatic N) is 1. The number of carbonyl (C=O) groups excluding carboxylic acids is 1. The van der Waals surface area contributed by atoms with Crippen molar-refractivity contribution in [1.82, 2.24) is 5.32 Å². The first-order valence-electron chi connectivity index (χ1n) is 6.69. The van der Waals surface area contributed by atoms with Gasteiger partial charge in [0.15, 0.2) is 0 Å². The van der Waals surface area contributed by atoms with E-state index in [4.69, 9.17) is 5.26 Å². The highest BCUT2D eigenvalue weighted by Crippen LogP contribution is 2.25. The Hall–Kier alpha value is -1.38. The molecule has 1 aliphatic heterocycles. The van der Waals surface area contributed by atoms with E-state index in [-0.39, 0.29) is 5.91 Å². The zero-order chi connectivity index (χ0) is 13.7. The number of piperidine rings is 1. The Labute approximate surface area is 117 Å². The van der Waals surface area contributed by atoms with E-state index in [0.717, 1.165) is 13.1 Å². The van der Waals surface area contributed by atoms with Crippen molar-refractivity contribution in [3.05, 3.63) is 17.0 Å². The molecule has 102 valence electrons. The van der Waals surface area contributed by atoms with Gasteiger partial charge >= 0.3 is 0 Å². The number of amides is 1. The quantitative estimate of drug-likeness (QED) is 0.889. The summed E-state index contributed by atoms with van der Waals surface area (Å²) in [6.45, 7) is 4.24. The standard InChI is InChI=1S/C14H19N3OS/c1-10(12-3-2-5-16-9-12)7-13(18)17-14-11(8-15)4-6-19-14/h4,6,10,12,16H,2-3,5,7,9H2,1H3,(H,17,18). The lowest BCUT2D eigenvalue weighted by Crippen LogP contribution is -2.34. The van der Waals surface area contributed by atoms with Crippen molar-refractivity contribution in [2.75, 3.05) is 18.4 Å². The number of anilines is 1. The minimum atomic E-state index is 0.0111. The van der Waals surface area contributed by atoms with Crippen molar-refractivity contribution in [1.29, 1.82) is 5.26 Å². The second kappa shape index (κ2) is 6.69. The van der Waals surface area contributed by atoms with Crippen LogP contribution in [0.1, 0.15) is 31.7 Å². The summed E-state index contributed by atoms with van der Waals surface area (Å²) in [5, 5.41) is 17.6. The molecule has 1 fully saturated rings. The van der Waals surface area contributed by atoms with E-state index in [2.05, 4.69) is 23.6 Å². The highest BCUT2D eigenvalue weighted by Gasteiger charge is 2.22. The third-order valence-corrected chi connectivity index (χ3v) is 4.52. The Morgan fingerprint density at radius 3 is 3.26 bits per heavy atom. The van der Waals surface area contributed by atoms with Crippen LogP contribution in [0.25, 0.3) is 0 Å². The summed E-state index contributed by atoms with van der Waals surface area (Å²) in [4.78, 5) is 12.0. The Balaban J connectivity index is 1.85. The van der Waals surface area contributed by atoms with Crippen LogP contribution in [0.4, 0.5) is 5.00 Å². The van der Waals surface area contributed by atoms with Crippen LogP contribution in [-0.4, -0.2) is 19.0 Å². The van der Waals surface area contributed by atoms with Crippen LogP contribution in [0, 0.1) is 23.2 Å². The molecule has 0 saturated carbocycles. The van der Waals surface area contributed by atoms with E-state index < -0.39 is 0 Å². The minimum absolute atomic E-state index is 0.0111. The van der Waals surface area contributed by atoms with Gasteiger partial charge in [-0.05, 0) is 49.2 Å². The van der Waals surface area contributed by atoms with E-state index >= 15 is 0 Å². The third-order valence-electron chi connectivity index (χ3n) is 3.69. The second-order valence-electron chi connectivity index (χ2n) is 5.11. The Bertz CT molecular complexity index is 471. The molecular weight excluding hydrogens is 258 g/mol. The van der Waals surface area contributed by atoms with Crippen LogP contribution in [0.3, 0.4) is 0 Å². The fourth-order valence-corrected chi connectivity index (χ4v) is 3.25. The smallest absolute Gasteiger partial charge is 0.225 e. The Morgan fingerprint density at radius 2 is 2.58 bits per heavy atom. The number of rotatable bonds is 4. The first-order chi connectivity index (χ1) is 9.20.